The van der Waals surface area contributed by atoms with E-state index in [4.69, 9.17) is 17.3 Å². The molecule has 116 valence electrons. The lowest BCUT2D eigenvalue weighted by molar-refractivity contribution is -0.119. The summed E-state index contributed by atoms with van der Waals surface area (Å²) >= 11 is 6.06. The van der Waals surface area contributed by atoms with Crippen molar-refractivity contribution in [3.05, 3.63) is 41.4 Å². The van der Waals surface area contributed by atoms with E-state index in [9.17, 15) is 4.79 Å². The highest BCUT2D eigenvalue weighted by Crippen LogP contribution is 2.28. The highest BCUT2D eigenvalue weighted by atomic mass is 35.5. The Morgan fingerprint density at radius 1 is 1.36 bits per heavy atom. The highest BCUT2D eigenvalue weighted by Gasteiger charge is 2.25. The Labute approximate surface area is 133 Å². The number of rotatable bonds is 4. The third-order valence-corrected chi connectivity index (χ3v) is 4.19. The maximum Gasteiger partial charge on any atom is 0.231 e. The third kappa shape index (κ3) is 3.28. The molecule has 0 unspecified atom stereocenters. The van der Waals surface area contributed by atoms with Gasteiger partial charge in [0.05, 0.1) is 12.2 Å². The Kier molecular flexibility index (Phi) is 4.40. The predicted molar refractivity (Wildman–Crippen MR) is 84.0 cm³/mol. The van der Waals surface area contributed by atoms with E-state index in [1.807, 2.05) is 28.9 Å². The average Bonchev–Trinajstić information content (AvgIpc) is 2.97. The molecule has 1 saturated heterocycles. The van der Waals surface area contributed by atoms with Gasteiger partial charge in [0.2, 0.25) is 5.91 Å². The molecule has 0 atom stereocenters. The molecule has 1 aliphatic rings. The van der Waals surface area contributed by atoms with Crippen LogP contribution in [0.3, 0.4) is 0 Å². The van der Waals surface area contributed by atoms with Crippen molar-refractivity contribution in [1.29, 1.82) is 0 Å². The molecule has 22 heavy (non-hydrogen) atoms. The molecule has 7 heteroatoms. The summed E-state index contributed by atoms with van der Waals surface area (Å²) in [6.45, 7) is 2.01. The topological polar surface area (TPSA) is 77.0 Å². The fourth-order valence-electron chi connectivity index (χ4n) is 2.91. The van der Waals surface area contributed by atoms with Gasteiger partial charge in [0.15, 0.2) is 0 Å². The molecule has 0 radical (unpaired) electrons. The molecule has 1 aliphatic heterocycles. The van der Waals surface area contributed by atoms with Gasteiger partial charge < -0.3 is 5.73 Å². The van der Waals surface area contributed by atoms with Crippen molar-refractivity contribution in [3.63, 3.8) is 0 Å². The summed E-state index contributed by atoms with van der Waals surface area (Å²) in [4.78, 5) is 17.5. The minimum atomic E-state index is -0.277. The fraction of sp³-hybridized carbons (Fsp3) is 0.400. The second-order valence-corrected chi connectivity index (χ2v) is 5.96. The van der Waals surface area contributed by atoms with Crippen LogP contribution in [-0.2, 0) is 4.79 Å². The van der Waals surface area contributed by atoms with E-state index < -0.39 is 0 Å². The Morgan fingerprint density at radius 2 is 2.14 bits per heavy atom. The molecule has 1 aromatic carbocycles. The largest absolute Gasteiger partial charge is 0.369 e. The summed E-state index contributed by atoms with van der Waals surface area (Å²) in [6.07, 6.45) is 3.45. The number of primary amides is 1. The van der Waals surface area contributed by atoms with Crippen LogP contribution in [0.1, 0.15) is 24.6 Å². The number of nitrogens with zero attached hydrogens (tertiary/aromatic N) is 4. The van der Waals surface area contributed by atoms with Crippen LogP contribution in [0.15, 0.2) is 30.6 Å². The van der Waals surface area contributed by atoms with Crippen molar-refractivity contribution in [2.45, 2.75) is 18.8 Å². The lowest BCUT2D eigenvalue weighted by Crippen LogP contribution is -2.39. The summed E-state index contributed by atoms with van der Waals surface area (Å²) in [6, 6.07) is 7.58. The molecule has 2 aromatic rings. The molecule has 0 bridgehead atoms. The number of carbonyl (C=O) groups excluding carboxylic acids is 1. The monoisotopic (exact) mass is 319 g/mol. The van der Waals surface area contributed by atoms with E-state index in [0.29, 0.717) is 17.5 Å². The van der Waals surface area contributed by atoms with Gasteiger partial charge in [-0.1, -0.05) is 17.7 Å². The first-order valence-electron chi connectivity index (χ1n) is 7.30. The number of hydrogen-bond donors (Lipinski definition) is 1. The van der Waals surface area contributed by atoms with Crippen LogP contribution >= 0.6 is 11.6 Å². The van der Waals surface area contributed by atoms with Gasteiger partial charge in [0.25, 0.3) is 0 Å². The van der Waals surface area contributed by atoms with Crippen molar-refractivity contribution in [2.24, 2.45) is 5.73 Å². The molecule has 6 nitrogen and oxygen atoms in total. The maximum atomic E-state index is 11.0. The Morgan fingerprint density at radius 3 is 2.82 bits per heavy atom. The molecule has 2 N–H and O–H groups in total. The van der Waals surface area contributed by atoms with Gasteiger partial charge >= 0.3 is 0 Å². The van der Waals surface area contributed by atoms with E-state index in [-0.39, 0.29) is 5.91 Å². The first kappa shape index (κ1) is 15.0. The van der Waals surface area contributed by atoms with Crippen molar-refractivity contribution in [1.82, 2.24) is 19.7 Å². The number of likely N-dealkylation sites (tertiary alicyclic amines) is 1. The molecular weight excluding hydrogens is 302 g/mol. The summed E-state index contributed by atoms with van der Waals surface area (Å²) < 4.78 is 1.85. The van der Waals surface area contributed by atoms with Gasteiger partial charge in [-0.05, 0) is 44.1 Å². The number of halogens is 1. The lowest BCUT2D eigenvalue weighted by Gasteiger charge is -2.30. The first-order valence-corrected chi connectivity index (χ1v) is 7.68. The van der Waals surface area contributed by atoms with Gasteiger partial charge in [0, 0.05) is 10.9 Å². The Bertz CT molecular complexity index is 663. The summed E-state index contributed by atoms with van der Waals surface area (Å²) in [5.74, 6) is 0.993. The second-order valence-electron chi connectivity index (χ2n) is 5.53. The van der Waals surface area contributed by atoms with Gasteiger partial charge in [-0.2, -0.15) is 5.10 Å². The number of nitrogens with two attached hydrogens (primary N) is 1. The molecule has 0 aliphatic carbocycles. The number of benzene rings is 1. The smallest absolute Gasteiger partial charge is 0.231 e. The fourth-order valence-corrected chi connectivity index (χ4v) is 3.09. The third-order valence-electron chi connectivity index (χ3n) is 3.96. The van der Waals surface area contributed by atoms with Crippen molar-refractivity contribution >= 4 is 17.5 Å². The zero-order valence-electron chi connectivity index (χ0n) is 12.2. The molecule has 2 heterocycles. The van der Waals surface area contributed by atoms with Crippen LogP contribution in [0.25, 0.3) is 5.69 Å². The van der Waals surface area contributed by atoms with Gasteiger partial charge in [-0.25, -0.2) is 9.67 Å². The number of hydrogen-bond acceptors (Lipinski definition) is 4. The molecule has 1 fully saturated rings. The molecule has 0 spiro atoms. The standard InChI is InChI=1S/C15H18ClN5O/c16-12-2-1-3-13(8-12)21-15(18-10-19-21)11-4-6-20(7-5-11)9-14(17)22/h1-3,8,10-11H,4-7,9H2,(H2,17,22). The van der Waals surface area contributed by atoms with Crippen LogP contribution in [-0.4, -0.2) is 45.2 Å². The van der Waals surface area contributed by atoms with Crippen molar-refractivity contribution < 1.29 is 4.79 Å². The molecule has 0 saturated carbocycles. The zero-order valence-corrected chi connectivity index (χ0v) is 12.9. The van der Waals surface area contributed by atoms with E-state index >= 15 is 0 Å². The van der Waals surface area contributed by atoms with Gasteiger partial charge in [-0.3, -0.25) is 9.69 Å². The van der Waals surface area contributed by atoms with E-state index in [1.165, 1.54) is 0 Å². The van der Waals surface area contributed by atoms with Crippen LogP contribution in [0.5, 0.6) is 0 Å². The van der Waals surface area contributed by atoms with Crippen LogP contribution in [0, 0.1) is 0 Å². The number of amides is 1. The number of piperidine rings is 1. The molecule has 1 aromatic heterocycles. The summed E-state index contributed by atoms with van der Waals surface area (Å²) in [5.41, 5.74) is 6.16. The van der Waals surface area contributed by atoms with E-state index in [2.05, 4.69) is 15.0 Å². The SMILES string of the molecule is NC(=O)CN1CCC(c2ncnn2-c2cccc(Cl)c2)CC1. The zero-order chi connectivity index (χ0) is 15.5. The molecule has 3 rings (SSSR count). The van der Waals surface area contributed by atoms with Crippen molar-refractivity contribution in [2.75, 3.05) is 19.6 Å². The second kappa shape index (κ2) is 6.46. The van der Waals surface area contributed by atoms with E-state index in [0.717, 1.165) is 37.4 Å². The van der Waals surface area contributed by atoms with Crippen molar-refractivity contribution in [3.8, 4) is 5.69 Å². The molecular formula is C15H18ClN5O. The summed E-state index contributed by atoms with van der Waals surface area (Å²) in [7, 11) is 0. The summed E-state index contributed by atoms with van der Waals surface area (Å²) in [5, 5.41) is 5.01. The predicted octanol–water partition coefficient (Wildman–Crippen LogP) is 1.59. The van der Waals surface area contributed by atoms with Crippen LogP contribution < -0.4 is 5.73 Å². The Hall–Kier alpha value is -1.92. The van der Waals surface area contributed by atoms with Crippen LogP contribution in [0.4, 0.5) is 0 Å². The van der Waals surface area contributed by atoms with Gasteiger partial charge in [0.1, 0.15) is 12.2 Å². The minimum absolute atomic E-state index is 0.277. The Balaban J connectivity index is 1.75. The first-order chi connectivity index (χ1) is 10.6. The van der Waals surface area contributed by atoms with E-state index in [1.54, 1.807) is 6.33 Å². The van der Waals surface area contributed by atoms with Gasteiger partial charge in [-0.15, -0.1) is 0 Å². The average molecular weight is 320 g/mol. The minimum Gasteiger partial charge on any atom is -0.369 e. The quantitative estimate of drug-likeness (QED) is 0.928. The highest BCUT2D eigenvalue weighted by molar-refractivity contribution is 6.30. The lowest BCUT2D eigenvalue weighted by atomic mass is 9.96. The van der Waals surface area contributed by atoms with Crippen LogP contribution in [0.2, 0.25) is 5.02 Å². The normalized spacial score (nSPS) is 16.8. The maximum absolute atomic E-state index is 11.0. The molecule has 1 amide bonds. The number of carbonyl (C=O) groups is 1. The number of aromatic nitrogens is 3.